The van der Waals surface area contributed by atoms with Gasteiger partial charge < -0.3 is 14.8 Å². The number of anilines is 2. The Bertz CT molecular complexity index is 1330. The van der Waals surface area contributed by atoms with Gasteiger partial charge in [0.05, 0.1) is 35.4 Å². The van der Waals surface area contributed by atoms with Gasteiger partial charge in [0.1, 0.15) is 5.75 Å². The average molecular weight is 468 g/mol. The van der Waals surface area contributed by atoms with E-state index in [1.54, 1.807) is 55.6 Å². The lowest BCUT2D eigenvalue weighted by molar-refractivity contribution is -0.138. The van der Waals surface area contributed by atoms with Gasteiger partial charge >= 0.3 is 5.97 Å². The number of hydrogen-bond donors (Lipinski definition) is 1. The molecular weight excluding hydrogens is 442 g/mol. The van der Waals surface area contributed by atoms with Crippen molar-refractivity contribution < 1.29 is 14.3 Å². The quantitative estimate of drug-likeness (QED) is 0.329. The topological polar surface area (TPSA) is 121 Å². The number of esters is 1. The van der Waals surface area contributed by atoms with Crippen molar-refractivity contribution in [2.75, 3.05) is 11.9 Å². The first-order chi connectivity index (χ1) is 16.9. The van der Waals surface area contributed by atoms with Crippen LogP contribution in [-0.2, 0) is 9.53 Å². The molecule has 35 heavy (non-hydrogen) atoms. The number of nitrogens with one attached hydrogen (secondary N) is 1. The van der Waals surface area contributed by atoms with Crippen LogP contribution in [0.1, 0.15) is 48.1 Å². The summed E-state index contributed by atoms with van der Waals surface area (Å²) in [4.78, 5) is 21.3. The number of nitrogens with zero attached hydrogens (tertiary/aromatic N) is 4. The third-order valence-electron chi connectivity index (χ3n) is 5.09. The molecule has 176 valence electrons. The molecule has 3 aromatic rings. The van der Waals surface area contributed by atoms with Crippen LogP contribution in [0, 0.1) is 36.5 Å². The molecule has 0 aliphatic heterocycles. The van der Waals surface area contributed by atoms with Crippen molar-refractivity contribution in [2.45, 2.75) is 34.1 Å². The molecule has 8 nitrogen and oxygen atoms in total. The Morgan fingerprint density at radius 1 is 1.06 bits per heavy atom. The van der Waals surface area contributed by atoms with Gasteiger partial charge in [-0.3, -0.25) is 0 Å². The molecule has 0 atom stereocenters. The fourth-order valence-electron chi connectivity index (χ4n) is 3.36. The summed E-state index contributed by atoms with van der Waals surface area (Å²) in [5.41, 5.74) is 4.29. The lowest BCUT2D eigenvalue weighted by Crippen LogP contribution is -2.07. The summed E-state index contributed by atoms with van der Waals surface area (Å²) in [6.07, 6.45) is 3.68. The molecular formula is C27H25N5O3. The van der Waals surface area contributed by atoms with Gasteiger partial charge in [-0.05, 0) is 80.8 Å². The SMILES string of the molecule is CCOC(=O)/C(=C/c1cnc(Nc2ccc(C#N)cc2)nc1Oc1c(C)cc(C#N)cc1C)CC. The lowest BCUT2D eigenvalue weighted by Gasteiger charge is -2.15. The van der Waals surface area contributed by atoms with E-state index in [4.69, 9.17) is 14.7 Å². The Morgan fingerprint density at radius 2 is 1.71 bits per heavy atom. The molecule has 0 spiro atoms. The molecule has 1 N–H and O–H groups in total. The van der Waals surface area contributed by atoms with E-state index in [0.29, 0.717) is 40.1 Å². The van der Waals surface area contributed by atoms with E-state index < -0.39 is 5.97 Å². The summed E-state index contributed by atoms with van der Waals surface area (Å²) in [5, 5.41) is 21.4. The molecule has 1 aromatic heterocycles. The summed E-state index contributed by atoms with van der Waals surface area (Å²) >= 11 is 0. The summed E-state index contributed by atoms with van der Waals surface area (Å²) < 4.78 is 11.4. The normalized spacial score (nSPS) is 10.7. The molecule has 0 unspecified atom stereocenters. The average Bonchev–Trinajstić information content (AvgIpc) is 2.86. The molecule has 0 radical (unpaired) electrons. The molecule has 0 amide bonds. The summed E-state index contributed by atoms with van der Waals surface area (Å²) in [6.45, 7) is 7.59. The highest BCUT2D eigenvalue weighted by Crippen LogP contribution is 2.32. The summed E-state index contributed by atoms with van der Waals surface area (Å²) in [7, 11) is 0. The zero-order valence-electron chi connectivity index (χ0n) is 20.0. The first-order valence-electron chi connectivity index (χ1n) is 11.1. The second-order valence-electron chi connectivity index (χ2n) is 7.66. The van der Waals surface area contributed by atoms with Crippen LogP contribution in [0.2, 0.25) is 0 Å². The molecule has 0 saturated heterocycles. The smallest absolute Gasteiger partial charge is 0.333 e. The maximum absolute atomic E-state index is 12.3. The molecule has 0 saturated carbocycles. The second-order valence-corrected chi connectivity index (χ2v) is 7.66. The molecule has 0 bridgehead atoms. The van der Waals surface area contributed by atoms with Gasteiger partial charge in [-0.25, -0.2) is 9.78 Å². The Balaban J connectivity index is 2.05. The number of carbonyl (C=O) groups excluding carboxylic acids is 1. The van der Waals surface area contributed by atoms with E-state index >= 15 is 0 Å². The number of nitriles is 2. The Labute approximate surface area is 204 Å². The third kappa shape index (κ3) is 6.21. The number of aromatic nitrogens is 2. The van der Waals surface area contributed by atoms with Gasteiger partial charge in [-0.2, -0.15) is 15.5 Å². The summed E-state index contributed by atoms with van der Waals surface area (Å²) in [6, 6.07) is 14.6. The number of aryl methyl sites for hydroxylation is 2. The highest BCUT2D eigenvalue weighted by atomic mass is 16.5. The minimum absolute atomic E-state index is 0.238. The molecule has 1 heterocycles. The molecule has 2 aromatic carbocycles. The van der Waals surface area contributed by atoms with Crippen molar-refractivity contribution in [3.8, 4) is 23.8 Å². The van der Waals surface area contributed by atoms with E-state index in [2.05, 4.69) is 27.4 Å². The van der Waals surface area contributed by atoms with Crippen LogP contribution in [0.5, 0.6) is 11.6 Å². The molecule has 3 rings (SSSR count). The maximum atomic E-state index is 12.3. The van der Waals surface area contributed by atoms with Crippen LogP contribution in [0.15, 0.2) is 48.2 Å². The van der Waals surface area contributed by atoms with Gasteiger partial charge in [-0.1, -0.05) is 6.92 Å². The van der Waals surface area contributed by atoms with Gasteiger partial charge in [-0.15, -0.1) is 0 Å². The molecule has 0 aliphatic carbocycles. The van der Waals surface area contributed by atoms with Crippen LogP contribution < -0.4 is 10.1 Å². The largest absolute Gasteiger partial charge is 0.463 e. The van der Waals surface area contributed by atoms with E-state index in [9.17, 15) is 10.1 Å². The molecule has 8 heteroatoms. The fraction of sp³-hybridized carbons (Fsp3) is 0.222. The highest BCUT2D eigenvalue weighted by Gasteiger charge is 2.16. The van der Waals surface area contributed by atoms with Gasteiger partial charge in [0.25, 0.3) is 0 Å². The van der Waals surface area contributed by atoms with E-state index in [-0.39, 0.29) is 18.4 Å². The highest BCUT2D eigenvalue weighted by molar-refractivity contribution is 5.94. The standard InChI is InChI=1S/C27H25N5O3/c1-5-21(26(33)34-6-2)13-22-16-30-27(31-23-9-7-19(14-28)8-10-23)32-25(22)35-24-17(3)11-20(15-29)12-18(24)4/h7-13,16H,5-6H2,1-4H3,(H,30,31,32)/b21-13+. The maximum Gasteiger partial charge on any atom is 0.333 e. The van der Waals surface area contributed by atoms with E-state index in [0.717, 1.165) is 11.1 Å². The number of carbonyl (C=O) groups is 1. The predicted molar refractivity (Wildman–Crippen MR) is 132 cm³/mol. The Morgan fingerprint density at radius 3 is 2.29 bits per heavy atom. The fourth-order valence-corrected chi connectivity index (χ4v) is 3.36. The Kier molecular flexibility index (Phi) is 8.15. The van der Waals surface area contributed by atoms with Crippen LogP contribution in [0.25, 0.3) is 6.08 Å². The first kappa shape index (κ1) is 24.9. The van der Waals surface area contributed by atoms with Gasteiger partial charge in [0, 0.05) is 17.5 Å². The van der Waals surface area contributed by atoms with Crippen LogP contribution in [0.4, 0.5) is 11.6 Å². The number of ether oxygens (including phenoxy) is 2. The monoisotopic (exact) mass is 467 g/mol. The number of hydrogen-bond acceptors (Lipinski definition) is 8. The van der Waals surface area contributed by atoms with Gasteiger partial charge in [0.2, 0.25) is 11.8 Å². The van der Waals surface area contributed by atoms with Crippen molar-refractivity contribution in [3.63, 3.8) is 0 Å². The van der Waals surface area contributed by atoms with Crippen LogP contribution in [0.3, 0.4) is 0 Å². The second kappa shape index (κ2) is 11.4. The number of rotatable bonds is 8. The minimum Gasteiger partial charge on any atom is -0.463 e. The molecule has 0 fully saturated rings. The molecule has 0 aliphatic rings. The van der Waals surface area contributed by atoms with Crippen molar-refractivity contribution >= 4 is 23.7 Å². The predicted octanol–water partition coefficient (Wildman–Crippen LogP) is 5.73. The summed E-state index contributed by atoms with van der Waals surface area (Å²) in [5.74, 6) is 0.671. The Hall–Kier alpha value is -4.69. The lowest BCUT2D eigenvalue weighted by atomic mass is 10.1. The number of benzene rings is 2. The minimum atomic E-state index is -0.411. The third-order valence-corrected chi connectivity index (χ3v) is 5.09. The van der Waals surface area contributed by atoms with E-state index in [1.807, 2.05) is 20.8 Å². The first-order valence-corrected chi connectivity index (χ1v) is 11.1. The van der Waals surface area contributed by atoms with Gasteiger partial charge in [0.15, 0.2) is 0 Å². The zero-order chi connectivity index (χ0) is 25.4. The van der Waals surface area contributed by atoms with E-state index in [1.165, 1.54) is 0 Å². The van der Waals surface area contributed by atoms with Crippen molar-refractivity contribution in [2.24, 2.45) is 0 Å². The van der Waals surface area contributed by atoms with Crippen molar-refractivity contribution in [1.82, 2.24) is 9.97 Å². The van der Waals surface area contributed by atoms with Crippen molar-refractivity contribution in [3.05, 3.63) is 76.0 Å². The zero-order valence-corrected chi connectivity index (χ0v) is 20.0. The van der Waals surface area contributed by atoms with Crippen LogP contribution in [-0.4, -0.2) is 22.5 Å². The van der Waals surface area contributed by atoms with Crippen LogP contribution >= 0.6 is 0 Å². The van der Waals surface area contributed by atoms with Crippen molar-refractivity contribution in [1.29, 1.82) is 10.5 Å².